The number of aromatic amines is 1. The molecule has 124 valence electrons. The van der Waals surface area contributed by atoms with Crippen molar-refractivity contribution in [1.82, 2.24) is 20.6 Å². The van der Waals surface area contributed by atoms with Crippen molar-refractivity contribution >= 4 is 27.5 Å². The molecular weight excluding hydrogens is 403 g/mol. The Balaban J connectivity index is 1.87. The Labute approximate surface area is 150 Å². The quantitative estimate of drug-likeness (QED) is 0.684. The smallest absolute Gasteiger partial charge is 0.204 e. The van der Waals surface area contributed by atoms with Crippen LogP contribution in [-0.2, 0) is 6.61 Å². The maximum Gasteiger partial charge on any atom is 0.204 e. The van der Waals surface area contributed by atoms with Gasteiger partial charge in [-0.25, -0.2) is 4.39 Å². The molecule has 3 rings (SSSR count). The second-order valence-corrected chi connectivity index (χ2v) is 6.01. The van der Waals surface area contributed by atoms with Gasteiger partial charge in [0.15, 0.2) is 11.5 Å². The van der Waals surface area contributed by atoms with E-state index >= 15 is 0 Å². The number of aromatic nitrogens is 4. The van der Waals surface area contributed by atoms with E-state index < -0.39 is 5.82 Å². The first-order chi connectivity index (χ1) is 11.6. The lowest BCUT2D eigenvalue weighted by Gasteiger charge is -2.14. The summed E-state index contributed by atoms with van der Waals surface area (Å²) in [5.74, 6) is 1.02. The molecule has 0 aliphatic carbocycles. The number of hydrogen-bond donors (Lipinski definition) is 1. The Bertz CT molecular complexity index is 861. The van der Waals surface area contributed by atoms with Crippen LogP contribution in [0.15, 0.2) is 34.8 Å². The summed E-state index contributed by atoms with van der Waals surface area (Å²) in [5, 5.41) is 14.1. The molecule has 0 fully saturated rings. The Morgan fingerprint density at radius 3 is 2.79 bits per heavy atom. The van der Waals surface area contributed by atoms with Gasteiger partial charge in [0, 0.05) is 11.1 Å². The number of rotatable bonds is 5. The van der Waals surface area contributed by atoms with Crippen LogP contribution in [0.3, 0.4) is 0 Å². The molecule has 6 nitrogen and oxygen atoms in total. The number of halogens is 3. The molecule has 0 aliphatic rings. The second kappa shape index (κ2) is 7.14. The number of H-pyrrole nitrogens is 1. The van der Waals surface area contributed by atoms with Gasteiger partial charge in [0.05, 0.1) is 16.6 Å². The molecule has 0 saturated heterocycles. The molecule has 0 amide bonds. The number of benzene rings is 2. The van der Waals surface area contributed by atoms with Crippen molar-refractivity contribution in [3.05, 3.63) is 51.2 Å². The van der Waals surface area contributed by atoms with Gasteiger partial charge in [-0.2, -0.15) is 5.21 Å². The molecule has 24 heavy (non-hydrogen) atoms. The van der Waals surface area contributed by atoms with E-state index in [1.807, 2.05) is 0 Å². The molecule has 0 saturated carbocycles. The van der Waals surface area contributed by atoms with E-state index in [1.54, 1.807) is 18.2 Å². The Hall–Kier alpha value is -2.19. The van der Waals surface area contributed by atoms with Gasteiger partial charge in [0.2, 0.25) is 5.82 Å². The molecule has 0 unspecified atom stereocenters. The number of nitrogens with one attached hydrogen (secondary N) is 1. The lowest BCUT2D eigenvalue weighted by molar-refractivity contribution is 0.282. The van der Waals surface area contributed by atoms with Crippen LogP contribution in [0.25, 0.3) is 11.4 Å². The van der Waals surface area contributed by atoms with E-state index in [1.165, 1.54) is 19.2 Å². The summed E-state index contributed by atoms with van der Waals surface area (Å²) in [6, 6.07) is 7.67. The summed E-state index contributed by atoms with van der Waals surface area (Å²) in [6.07, 6.45) is 0. The minimum Gasteiger partial charge on any atom is -0.493 e. The highest BCUT2D eigenvalue weighted by atomic mass is 79.9. The normalized spacial score (nSPS) is 10.7. The fourth-order valence-corrected chi connectivity index (χ4v) is 2.84. The van der Waals surface area contributed by atoms with E-state index in [-0.39, 0.29) is 6.61 Å². The molecular formula is C15H11BrClFN4O2. The van der Waals surface area contributed by atoms with Crippen LogP contribution in [0.5, 0.6) is 11.5 Å². The van der Waals surface area contributed by atoms with Crippen molar-refractivity contribution in [2.45, 2.75) is 6.61 Å². The van der Waals surface area contributed by atoms with Gasteiger partial charge in [-0.05, 0) is 45.4 Å². The molecule has 0 radical (unpaired) electrons. The van der Waals surface area contributed by atoms with Crippen molar-refractivity contribution in [3.8, 4) is 22.9 Å². The monoisotopic (exact) mass is 412 g/mol. The SMILES string of the molecule is COc1cc(-c2nn[nH]n2)cc(Br)c1OCc1ccc(F)cc1Cl. The maximum atomic E-state index is 13.1. The summed E-state index contributed by atoms with van der Waals surface area (Å²) in [4.78, 5) is 0. The van der Waals surface area contributed by atoms with Crippen molar-refractivity contribution in [2.75, 3.05) is 7.11 Å². The fourth-order valence-electron chi connectivity index (χ4n) is 2.06. The molecule has 1 aromatic heterocycles. The van der Waals surface area contributed by atoms with Crippen molar-refractivity contribution < 1.29 is 13.9 Å². The highest BCUT2D eigenvalue weighted by Gasteiger charge is 2.15. The number of tetrazole rings is 1. The van der Waals surface area contributed by atoms with Crippen LogP contribution in [0, 0.1) is 5.82 Å². The van der Waals surface area contributed by atoms with Crippen LogP contribution in [0.1, 0.15) is 5.56 Å². The zero-order chi connectivity index (χ0) is 17.1. The lowest BCUT2D eigenvalue weighted by atomic mass is 10.2. The summed E-state index contributed by atoms with van der Waals surface area (Å²) >= 11 is 9.46. The summed E-state index contributed by atoms with van der Waals surface area (Å²) < 4.78 is 24.9. The summed E-state index contributed by atoms with van der Waals surface area (Å²) in [6.45, 7) is 0.162. The van der Waals surface area contributed by atoms with Crippen LogP contribution in [-0.4, -0.2) is 27.7 Å². The highest BCUT2D eigenvalue weighted by molar-refractivity contribution is 9.10. The first kappa shape index (κ1) is 16.7. The van der Waals surface area contributed by atoms with Crippen molar-refractivity contribution in [1.29, 1.82) is 0 Å². The Morgan fingerprint density at radius 2 is 2.12 bits per heavy atom. The number of methoxy groups -OCH3 is 1. The molecule has 0 bridgehead atoms. The Morgan fingerprint density at radius 1 is 1.29 bits per heavy atom. The number of hydrogen-bond acceptors (Lipinski definition) is 5. The molecule has 0 atom stereocenters. The van der Waals surface area contributed by atoms with Crippen LogP contribution in [0.2, 0.25) is 5.02 Å². The molecule has 0 aliphatic heterocycles. The van der Waals surface area contributed by atoms with Crippen LogP contribution < -0.4 is 9.47 Å². The molecule has 1 N–H and O–H groups in total. The largest absolute Gasteiger partial charge is 0.493 e. The molecule has 1 heterocycles. The number of nitrogens with zero attached hydrogens (tertiary/aromatic N) is 3. The molecule has 0 spiro atoms. The molecule has 3 aromatic rings. The topological polar surface area (TPSA) is 72.9 Å². The third kappa shape index (κ3) is 3.49. The third-order valence-corrected chi connectivity index (χ3v) is 4.16. The van der Waals surface area contributed by atoms with Gasteiger partial charge in [0.25, 0.3) is 0 Å². The fraction of sp³-hybridized carbons (Fsp3) is 0.133. The third-order valence-electron chi connectivity index (χ3n) is 3.22. The minimum absolute atomic E-state index is 0.162. The average molecular weight is 414 g/mol. The van der Waals surface area contributed by atoms with Crippen molar-refractivity contribution in [2.24, 2.45) is 0 Å². The van der Waals surface area contributed by atoms with Crippen LogP contribution >= 0.6 is 27.5 Å². The number of ether oxygens (including phenoxy) is 2. The van der Waals surface area contributed by atoms with E-state index in [9.17, 15) is 4.39 Å². The van der Waals surface area contributed by atoms with E-state index in [0.717, 1.165) is 0 Å². The van der Waals surface area contributed by atoms with Gasteiger partial charge in [-0.3, -0.25) is 0 Å². The molecule has 9 heteroatoms. The van der Waals surface area contributed by atoms with Gasteiger partial charge < -0.3 is 9.47 Å². The summed E-state index contributed by atoms with van der Waals surface area (Å²) in [7, 11) is 1.53. The van der Waals surface area contributed by atoms with E-state index in [0.29, 0.717) is 37.9 Å². The lowest BCUT2D eigenvalue weighted by Crippen LogP contribution is -2.00. The Kier molecular flexibility index (Phi) is 4.96. The first-order valence-corrected chi connectivity index (χ1v) is 7.93. The van der Waals surface area contributed by atoms with E-state index in [2.05, 4.69) is 36.6 Å². The molecule has 2 aromatic carbocycles. The van der Waals surface area contributed by atoms with E-state index in [4.69, 9.17) is 21.1 Å². The van der Waals surface area contributed by atoms with Gasteiger partial charge in [-0.1, -0.05) is 17.7 Å². The zero-order valence-corrected chi connectivity index (χ0v) is 14.7. The zero-order valence-electron chi connectivity index (χ0n) is 12.4. The average Bonchev–Trinajstić information content (AvgIpc) is 3.09. The standard InChI is InChI=1S/C15H11BrClFN4O2/c1-23-13-5-9(15-19-21-22-20-15)4-11(16)14(13)24-7-8-2-3-10(18)6-12(8)17/h2-6H,7H2,1H3,(H,19,20,21,22). The van der Waals surface area contributed by atoms with Crippen molar-refractivity contribution in [3.63, 3.8) is 0 Å². The maximum absolute atomic E-state index is 13.1. The van der Waals surface area contributed by atoms with Gasteiger partial charge in [0.1, 0.15) is 12.4 Å². The highest BCUT2D eigenvalue weighted by Crippen LogP contribution is 2.39. The van der Waals surface area contributed by atoms with Crippen LogP contribution in [0.4, 0.5) is 4.39 Å². The summed E-state index contributed by atoms with van der Waals surface area (Å²) in [5.41, 5.74) is 1.37. The van der Waals surface area contributed by atoms with Gasteiger partial charge in [-0.15, -0.1) is 10.2 Å². The minimum atomic E-state index is -0.396. The first-order valence-electron chi connectivity index (χ1n) is 6.76. The predicted molar refractivity (Wildman–Crippen MR) is 89.6 cm³/mol. The van der Waals surface area contributed by atoms with Gasteiger partial charge >= 0.3 is 0 Å². The second-order valence-electron chi connectivity index (χ2n) is 4.75. The predicted octanol–water partition coefficient (Wildman–Crippen LogP) is 4.01.